The van der Waals surface area contributed by atoms with Crippen LogP contribution in [0.4, 0.5) is 0 Å². The number of carbonyl (C=O) groups is 1. The first kappa shape index (κ1) is 13.4. The number of nitrogens with two attached hydrogens (primary N) is 1. The van der Waals surface area contributed by atoms with Crippen LogP contribution in [0.1, 0.15) is 52.9 Å². The minimum absolute atomic E-state index is 0.268. The van der Waals surface area contributed by atoms with Crippen LogP contribution in [-0.4, -0.2) is 18.1 Å². The molecule has 3 nitrogen and oxygen atoms in total. The van der Waals surface area contributed by atoms with Crippen LogP contribution in [0.3, 0.4) is 0 Å². The Labute approximate surface area is 87.0 Å². The molecule has 0 aliphatic rings. The van der Waals surface area contributed by atoms with Gasteiger partial charge in [-0.15, -0.1) is 0 Å². The third kappa shape index (κ3) is 5.22. The highest BCUT2D eigenvalue weighted by molar-refractivity contribution is 5.79. The first-order valence-electron chi connectivity index (χ1n) is 5.50. The van der Waals surface area contributed by atoms with E-state index in [0.29, 0.717) is 13.0 Å². The zero-order valence-corrected chi connectivity index (χ0v) is 9.64. The van der Waals surface area contributed by atoms with E-state index in [2.05, 4.69) is 6.92 Å². The normalized spacial score (nSPS) is 14.9. The second-order valence-electron chi connectivity index (χ2n) is 4.01. The van der Waals surface area contributed by atoms with Crippen molar-refractivity contribution in [2.75, 3.05) is 6.61 Å². The van der Waals surface area contributed by atoms with E-state index in [9.17, 15) is 4.79 Å². The maximum atomic E-state index is 11.5. The number of unbranched alkanes of at least 4 members (excludes halogenated alkanes) is 2. The number of hydrogen-bond donors (Lipinski definition) is 1. The Hall–Kier alpha value is -0.570. The van der Waals surface area contributed by atoms with E-state index in [1.165, 1.54) is 0 Å². The quantitative estimate of drug-likeness (QED) is 0.507. The van der Waals surface area contributed by atoms with Gasteiger partial charge in [0.25, 0.3) is 0 Å². The molecule has 2 N–H and O–H groups in total. The number of esters is 1. The lowest BCUT2D eigenvalue weighted by Crippen LogP contribution is -2.46. The van der Waals surface area contributed by atoms with Crippen molar-refractivity contribution in [2.45, 2.75) is 58.4 Å². The first-order valence-corrected chi connectivity index (χ1v) is 5.50. The summed E-state index contributed by atoms with van der Waals surface area (Å²) < 4.78 is 5.10. The molecule has 0 aliphatic heterocycles. The molecule has 0 bridgehead atoms. The molecule has 84 valence electrons. The van der Waals surface area contributed by atoms with Gasteiger partial charge in [0.15, 0.2) is 0 Å². The zero-order chi connectivity index (χ0) is 11.0. The fourth-order valence-corrected chi connectivity index (χ4v) is 1.30. The summed E-state index contributed by atoms with van der Waals surface area (Å²) in [7, 11) is 0. The molecule has 14 heavy (non-hydrogen) atoms. The standard InChI is InChI=1S/C11H23NO2/c1-4-6-7-9-14-10(13)11(3,12)8-5-2/h4-9,12H2,1-3H3. The van der Waals surface area contributed by atoms with Crippen LogP contribution in [0.5, 0.6) is 0 Å². The predicted octanol–water partition coefficient (Wildman–Crippen LogP) is 2.24. The summed E-state index contributed by atoms with van der Waals surface area (Å²) in [5.41, 5.74) is 5.01. The van der Waals surface area contributed by atoms with Crippen LogP contribution in [0, 0.1) is 0 Å². The summed E-state index contributed by atoms with van der Waals surface area (Å²) in [5, 5.41) is 0. The molecule has 0 saturated heterocycles. The van der Waals surface area contributed by atoms with Gasteiger partial charge in [0.1, 0.15) is 5.54 Å². The fraction of sp³-hybridized carbons (Fsp3) is 0.909. The maximum absolute atomic E-state index is 11.5. The Kier molecular flexibility index (Phi) is 6.54. The van der Waals surface area contributed by atoms with Gasteiger partial charge in [0.2, 0.25) is 0 Å². The molecular formula is C11H23NO2. The fourth-order valence-electron chi connectivity index (χ4n) is 1.30. The van der Waals surface area contributed by atoms with Crippen molar-refractivity contribution in [3.63, 3.8) is 0 Å². The van der Waals surface area contributed by atoms with Gasteiger partial charge in [-0.1, -0.05) is 33.1 Å². The maximum Gasteiger partial charge on any atom is 0.325 e. The molecule has 0 amide bonds. The second-order valence-corrected chi connectivity index (χ2v) is 4.01. The molecule has 0 rings (SSSR count). The summed E-state index contributed by atoms with van der Waals surface area (Å²) in [4.78, 5) is 11.5. The van der Waals surface area contributed by atoms with Crippen LogP contribution in [0.15, 0.2) is 0 Å². The molecule has 0 aromatic carbocycles. The number of hydrogen-bond acceptors (Lipinski definition) is 3. The molecule has 0 heterocycles. The highest BCUT2D eigenvalue weighted by atomic mass is 16.5. The van der Waals surface area contributed by atoms with Gasteiger partial charge in [-0.2, -0.15) is 0 Å². The summed E-state index contributed by atoms with van der Waals surface area (Å²) in [5.74, 6) is -0.268. The minimum atomic E-state index is -0.805. The van der Waals surface area contributed by atoms with E-state index in [0.717, 1.165) is 25.7 Å². The number of carbonyl (C=O) groups excluding carboxylic acids is 1. The Balaban J connectivity index is 3.71. The van der Waals surface area contributed by atoms with Crippen molar-refractivity contribution in [3.8, 4) is 0 Å². The lowest BCUT2D eigenvalue weighted by Gasteiger charge is -2.21. The first-order chi connectivity index (χ1) is 6.54. The summed E-state index contributed by atoms with van der Waals surface area (Å²) >= 11 is 0. The molecule has 0 aromatic rings. The molecule has 1 unspecified atom stereocenters. The number of ether oxygens (including phenoxy) is 1. The Morgan fingerprint density at radius 2 is 1.93 bits per heavy atom. The van der Waals surface area contributed by atoms with Gasteiger partial charge in [-0.25, -0.2) is 0 Å². The van der Waals surface area contributed by atoms with E-state index in [1.807, 2.05) is 6.92 Å². The van der Waals surface area contributed by atoms with Gasteiger partial charge in [-0.3, -0.25) is 4.79 Å². The topological polar surface area (TPSA) is 52.3 Å². The smallest absolute Gasteiger partial charge is 0.325 e. The van der Waals surface area contributed by atoms with Crippen LogP contribution < -0.4 is 5.73 Å². The molecule has 0 aromatic heterocycles. The SMILES string of the molecule is CCCCCOC(=O)C(C)(N)CCC. The predicted molar refractivity (Wildman–Crippen MR) is 58.0 cm³/mol. The van der Waals surface area contributed by atoms with Gasteiger partial charge in [0.05, 0.1) is 6.61 Å². The summed E-state index contributed by atoms with van der Waals surface area (Å²) in [6.07, 6.45) is 4.75. The van der Waals surface area contributed by atoms with E-state index in [1.54, 1.807) is 6.92 Å². The largest absolute Gasteiger partial charge is 0.464 e. The third-order valence-corrected chi connectivity index (χ3v) is 2.22. The van der Waals surface area contributed by atoms with Gasteiger partial charge < -0.3 is 10.5 Å². The van der Waals surface area contributed by atoms with Crippen LogP contribution in [0.25, 0.3) is 0 Å². The van der Waals surface area contributed by atoms with Crippen LogP contribution in [0.2, 0.25) is 0 Å². The Morgan fingerprint density at radius 3 is 2.43 bits per heavy atom. The second kappa shape index (κ2) is 6.82. The van der Waals surface area contributed by atoms with Gasteiger partial charge >= 0.3 is 5.97 Å². The average Bonchev–Trinajstić information content (AvgIpc) is 2.12. The van der Waals surface area contributed by atoms with Gasteiger partial charge in [-0.05, 0) is 19.8 Å². The van der Waals surface area contributed by atoms with Crippen LogP contribution >= 0.6 is 0 Å². The number of rotatable bonds is 7. The van der Waals surface area contributed by atoms with Crippen molar-refractivity contribution in [2.24, 2.45) is 5.73 Å². The molecule has 0 fully saturated rings. The molecule has 0 aliphatic carbocycles. The van der Waals surface area contributed by atoms with Crippen molar-refractivity contribution < 1.29 is 9.53 Å². The summed E-state index contributed by atoms with van der Waals surface area (Å²) in [6, 6.07) is 0. The average molecular weight is 201 g/mol. The Bertz CT molecular complexity index is 167. The Morgan fingerprint density at radius 1 is 1.29 bits per heavy atom. The van der Waals surface area contributed by atoms with Crippen molar-refractivity contribution in [1.82, 2.24) is 0 Å². The van der Waals surface area contributed by atoms with Gasteiger partial charge in [0, 0.05) is 0 Å². The molecule has 3 heteroatoms. The lowest BCUT2D eigenvalue weighted by atomic mass is 9.98. The molecule has 0 radical (unpaired) electrons. The minimum Gasteiger partial charge on any atom is -0.464 e. The molecule has 0 saturated carbocycles. The molecule has 0 spiro atoms. The zero-order valence-electron chi connectivity index (χ0n) is 9.64. The van der Waals surface area contributed by atoms with E-state index < -0.39 is 5.54 Å². The monoisotopic (exact) mass is 201 g/mol. The highest BCUT2D eigenvalue weighted by Gasteiger charge is 2.28. The summed E-state index contributed by atoms with van der Waals surface area (Å²) in [6.45, 7) is 6.36. The van der Waals surface area contributed by atoms with Crippen molar-refractivity contribution in [1.29, 1.82) is 0 Å². The van der Waals surface area contributed by atoms with Crippen molar-refractivity contribution in [3.05, 3.63) is 0 Å². The molecular weight excluding hydrogens is 178 g/mol. The van der Waals surface area contributed by atoms with Crippen molar-refractivity contribution >= 4 is 5.97 Å². The highest BCUT2D eigenvalue weighted by Crippen LogP contribution is 2.11. The third-order valence-electron chi connectivity index (χ3n) is 2.22. The lowest BCUT2D eigenvalue weighted by molar-refractivity contribution is -0.149. The van der Waals surface area contributed by atoms with E-state index >= 15 is 0 Å². The van der Waals surface area contributed by atoms with Crippen LogP contribution in [-0.2, 0) is 9.53 Å². The van der Waals surface area contributed by atoms with E-state index in [4.69, 9.17) is 10.5 Å². The molecule has 1 atom stereocenters. The van der Waals surface area contributed by atoms with E-state index in [-0.39, 0.29) is 5.97 Å².